The number of halogens is 1. The molecule has 1 N–H and O–H groups in total. The minimum absolute atomic E-state index is 0.323. The van der Waals surface area contributed by atoms with Gasteiger partial charge in [-0.3, -0.25) is 4.98 Å². The number of aromatic nitrogens is 1. The average molecular weight is 274 g/mol. The smallest absolute Gasteiger partial charge is 0.0682 e. The van der Waals surface area contributed by atoms with E-state index in [-0.39, 0.29) is 0 Å². The molecule has 0 radical (unpaired) electrons. The largest absolute Gasteiger partial charge is 0.362 e. The standard InChI is InChI=1S/C15H16ClN3/c16-13-3-5-14(6-4-13)19-9-8-18-11-15(19)12-2-1-7-17-10-12/h1-7,10,15,18H,8-9,11H2. The first kappa shape index (κ1) is 12.5. The van der Waals surface area contributed by atoms with E-state index in [0.29, 0.717) is 6.04 Å². The van der Waals surface area contributed by atoms with Gasteiger partial charge in [0.2, 0.25) is 0 Å². The maximum Gasteiger partial charge on any atom is 0.0682 e. The van der Waals surface area contributed by atoms with Crippen molar-refractivity contribution < 1.29 is 0 Å². The number of hydrogen-bond donors (Lipinski definition) is 1. The summed E-state index contributed by atoms with van der Waals surface area (Å²) in [6.07, 6.45) is 3.76. The second-order valence-electron chi connectivity index (χ2n) is 4.68. The summed E-state index contributed by atoms with van der Waals surface area (Å²) in [6.45, 7) is 2.93. The molecule has 0 bridgehead atoms. The zero-order valence-corrected chi connectivity index (χ0v) is 11.3. The molecule has 0 saturated carbocycles. The molecule has 2 heterocycles. The summed E-state index contributed by atoms with van der Waals surface area (Å²) < 4.78 is 0. The number of anilines is 1. The van der Waals surface area contributed by atoms with Gasteiger partial charge in [-0.2, -0.15) is 0 Å². The van der Waals surface area contributed by atoms with Gasteiger partial charge in [0.1, 0.15) is 0 Å². The highest BCUT2D eigenvalue weighted by Gasteiger charge is 2.23. The zero-order valence-electron chi connectivity index (χ0n) is 10.6. The molecule has 1 saturated heterocycles. The highest BCUT2D eigenvalue weighted by molar-refractivity contribution is 6.30. The second kappa shape index (κ2) is 5.59. The molecule has 98 valence electrons. The summed E-state index contributed by atoms with van der Waals surface area (Å²) in [4.78, 5) is 6.63. The van der Waals surface area contributed by atoms with Crippen molar-refractivity contribution in [1.82, 2.24) is 10.3 Å². The molecule has 0 amide bonds. The Bertz CT molecular complexity index is 527. The van der Waals surface area contributed by atoms with Crippen LogP contribution in [0.25, 0.3) is 0 Å². The predicted octanol–water partition coefficient (Wildman–Crippen LogP) is 2.89. The van der Waals surface area contributed by atoms with Crippen LogP contribution >= 0.6 is 11.6 Å². The van der Waals surface area contributed by atoms with E-state index >= 15 is 0 Å². The maximum absolute atomic E-state index is 5.96. The number of nitrogens with one attached hydrogen (secondary N) is 1. The summed E-state index contributed by atoms with van der Waals surface area (Å²) in [5, 5.41) is 4.22. The highest BCUT2D eigenvalue weighted by atomic mass is 35.5. The van der Waals surface area contributed by atoms with Crippen molar-refractivity contribution >= 4 is 17.3 Å². The molecule has 0 spiro atoms. The predicted molar refractivity (Wildman–Crippen MR) is 78.6 cm³/mol. The summed E-state index contributed by atoms with van der Waals surface area (Å²) in [6, 6.07) is 12.5. The molecule has 1 aliphatic rings. The molecule has 1 aliphatic heterocycles. The number of hydrogen-bond acceptors (Lipinski definition) is 3. The van der Waals surface area contributed by atoms with Crippen molar-refractivity contribution in [3.63, 3.8) is 0 Å². The molecule has 19 heavy (non-hydrogen) atoms. The monoisotopic (exact) mass is 273 g/mol. The van der Waals surface area contributed by atoms with Gasteiger partial charge >= 0.3 is 0 Å². The SMILES string of the molecule is Clc1ccc(N2CCNCC2c2cccnc2)cc1. The Hall–Kier alpha value is -1.58. The second-order valence-corrected chi connectivity index (χ2v) is 5.11. The summed E-state index contributed by atoms with van der Waals surface area (Å²) in [7, 11) is 0. The van der Waals surface area contributed by atoms with Crippen LogP contribution in [0.2, 0.25) is 5.02 Å². The van der Waals surface area contributed by atoms with E-state index in [1.165, 1.54) is 11.3 Å². The van der Waals surface area contributed by atoms with Crippen molar-refractivity contribution in [3.05, 3.63) is 59.4 Å². The lowest BCUT2D eigenvalue weighted by Crippen LogP contribution is -2.46. The maximum atomic E-state index is 5.96. The lowest BCUT2D eigenvalue weighted by atomic mass is 10.0. The Morgan fingerprint density at radius 3 is 2.79 bits per heavy atom. The Morgan fingerprint density at radius 1 is 1.21 bits per heavy atom. The normalized spacial score (nSPS) is 19.4. The van der Waals surface area contributed by atoms with Crippen LogP contribution in [0.15, 0.2) is 48.8 Å². The molecule has 1 aromatic carbocycles. The van der Waals surface area contributed by atoms with Gasteiger partial charge in [0.25, 0.3) is 0 Å². The molecule has 2 aromatic rings. The van der Waals surface area contributed by atoms with E-state index in [9.17, 15) is 0 Å². The van der Waals surface area contributed by atoms with E-state index in [4.69, 9.17) is 11.6 Å². The summed E-state index contributed by atoms with van der Waals surface area (Å²) >= 11 is 5.96. The molecule has 0 aliphatic carbocycles. The van der Waals surface area contributed by atoms with Gasteiger partial charge in [-0.05, 0) is 35.9 Å². The first-order chi connectivity index (χ1) is 9.34. The fourth-order valence-corrected chi connectivity index (χ4v) is 2.64. The third kappa shape index (κ3) is 2.72. The van der Waals surface area contributed by atoms with Crippen LogP contribution in [0.1, 0.15) is 11.6 Å². The molecule has 1 aromatic heterocycles. The molecular formula is C15H16ClN3. The van der Waals surface area contributed by atoms with Crippen LogP contribution in [0.3, 0.4) is 0 Å². The number of benzene rings is 1. The van der Waals surface area contributed by atoms with Gasteiger partial charge in [-0.15, -0.1) is 0 Å². The molecule has 4 heteroatoms. The summed E-state index contributed by atoms with van der Waals surface area (Å²) in [5.74, 6) is 0. The number of rotatable bonds is 2. The van der Waals surface area contributed by atoms with Gasteiger partial charge in [0.15, 0.2) is 0 Å². The molecule has 3 rings (SSSR count). The van der Waals surface area contributed by atoms with Crippen molar-refractivity contribution in [2.24, 2.45) is 0 Å². The van der Waals surface area contributed by atoms with Crippen LogP contribution in [0.5, 0.6) is 0 Å². The lowest BCUT2D eigenvalue weighted by molar-refractivity contribution is 0.489. The lowest BCUT2D eigenvalue weighted by Gasteiger charge is -2.38. The van der Waals surface area contributed by atoms with Crippen molar-refractivity contribution in [2.75, 3.05) is 24.5 Å². The van der Waals surface area contributed by atoms with Gasteiger partial charge < -0.3 is 10.2 Å². The third-order valence-electron chi connectivity index (χ3n) is 3.47. The van der Waals surface area contributed by atoms with Crippen LogP contribution in [-0.2, 0) is 0 Å². The number of pyridine rings is 1. The zero-order chi connectivity index (χ0) is 13.1. The van der Waals surface area contributed by atoms with Crippen LogP contribution in [0.4, 0.5) is 5.69 Å². The van der Waals surface area contributed by atoms with Gasteiger partial charge in [0.05, 0.1) is 6.04 Å². The van der Waals surface area contributed by atoms with E-state index in [1.54, 1.807) is 0 Å². The number of nitrogens with zero attached hydrogens (tertiary/aromatic N) is 2. The fourth-order valence-electron chi connectivity index (χ4n) is 2.52. The van der Waals surface area contributed by atoms with Gasteiger partial charge in [-0.1, -0.05) is 17.7 Å². The highest BCUT2D eigenvalue weighted by Crippen LogP contribution is 2.28. The first-order valence-corrected chi connectivity index (χ1v) is 6.85. The van der Waals surface area contributed by atoms with E-state index in [2.05, 4.69) is 33.4 Å². The van der Waals surface area contributed by atoms with Gasteiger partial charge in [0, 0.05) is 42.7 Å². The van der Waals surface area contributed by atoms with Crippen LogP contribution < -0.4 is 10.2 Å². The van der Waals surface area contributed by atoms with Crippen molar-refractivity contribution in [1.29, 1.82) is 0 Å². The topological polar surface area (TPSA) is 28.2 Å². The minimum Gasteiger partial charge on any atom is -0.362 e. The Labute approximate surface area is 118 Å². The van der Waals surface area contributed by atoms with E-state index in [0.717, 1.165) is 24.7 Å². The molecule has 1 fully saturated rings. The summed E-state index contributed by atoms with van der Waals surface area (Å²) in [5.41, 5.74) is 2.45. The minimum atomic E-state index is 0.323. The Balaban J connectivity index is 1.91. The van der Waals surface area contributed by atoms with Gasteiger partial charge in [-0.25, -0.2) is 0 Å². The third-order valence-corrected chi connectivity index (χ3v) is 3.72. The van der Waals surface area contributed by atoms with Crippen LogP contribution in [-0.4, -0.2) is 24.6 Å². The Morgan fingerprint density at radius 2 is 2.05 bits per heavy atom. The van der Waals surface area contributed by atoms with Crippen molar-refractivity contribution in [2.45, 2.75) is 6.04 Å². The first-order valence-electron chi connectivity index (χ1n) is 6.47. The molecule has 1 unspecified atom stereocenters. The molecule has 1 atom stereocenters. The Kier molecular flexibility index (Phi) is 3.67. The fraction of sp³-hybridized carbons (Fsp3) is 0.267. The molecule has 3 nitrogen and oxygen atoms in total. The van der Waals surface area contributed by atoms with E-state index < -0.39 is 0 Å². The van der Waals surface area contributed by atoms with Crippen LogP contribution in [0, 0.1) is 0 Å². The number of piperazine rings is 1. The van der Waals surface area contributed by atoms with E-state index in [1.807, 2.05) is 30.6 Å². The molecular weight excluding hydrogens is 258 g/mol. The van der Waals surface area contributed by atoms with Crippen molar-refractivity contribution in [3.8, 4) is 0 Å². The quantitative estimate of drug-likeness (QED) is 0.912. The average Bonchev–Trinajstić information content (AvgIpc) is 2.49.